The van der Waals surface area contributed by atoms with Crippen molar-refractivity contribution < 1.29 is 18.5 Å². The Balaban J connectivity index is 3.55. The van der Waals surface area contributed by atoms with Crippen LogP contribution >= 0.6 is 7.82 Å². The van der Waals surface area contributed by atoms with E-state index >= 15 is 0 Å². The Bertz CT molecular complexity index is 104. The highest BCUT2D eigenvalue weighted by molar-refractivity contribution is 7.45. The summed E-state index contributed by atoms with van der Waals surface area (Å²) in [6, 6.07) is 0. The molecule has 1 unspecified atom stereocenters. The van der Waals surface area contributed by atoms with Gasteiger partial charge in [-0.3, -0.25) is 4.57 Å². The highest BCUT2D eigenvalue weighted by Gasteiger charge is 2.01. The lowest BCUT2D eigenvalue weighted by atomic mass is 11.4. The van der Waals surface area contributed by atoms with Gasteiger partial charge in [0.1, 0.15) is 6.73 Å². The van der Waals surface area contributed by atoms with Gasteiger partial charge in [-0.15, -0.1) is 0 Å². The summed E-state index contributed by atoms with van der Waals surface area (Å²) in [4.78, 5) is 10.1. The minimum absolute atomic E-state index is 0.380. The van der Waals surface area contributed by atoms with Crippen molar-refractivity contribution in [2.45, 2.75) is 0 Å². The number of phosphoric ester groups is 1. The van der Waals surface area contributed by atoms with Gasteiger partial charge in [-0.1, -0.05) is 0 Å². The van der Waals surface area contributed by atoms with E-state index in [-0.39, 0.29) is 6.73 Å². The zero-order chi connectivity index (χ0) is 6.62. The lowest BCUT2D eigenvalue weighted by Crippen LogP contribution is -2.11. The molecule has 0 aromatic rings. The number of phosphoric acid groups is 1. The van der Waals surface area contributed by atoms with Crippen molar-refractivity contribution in [1.82, 2.24) is 0 Å². The molecular formula is C2H7NO4P-. The molecule has 1 atom stereocenters. The quantitative estimate of drug-likeness (QED) is 0.402. The van der Waals surface area contributed by atoms with Crippen molar-refractivity contribution in [3.63, 3.8) is 0 Å². The van der Waals surface area contributed by atoms with E-state index in [4.69, 9.17) is 5.73 Å². The molecule has 0 aromatic heterocycles. The summed E-state index contributed by atoms with van der Waals surface area (Å²) in [5, 5.41) is 0. The molecule has 0 aliphatic heterocycles. The first-order chi connectivity index (χ1) is 3.62. The molecule has 2 N–H and O–H groups in total. The van der Waals surface area contributed by atoms with E-state index in [1.165, 1.54) is 0 Å². The number of nitrogens with two attached hydrogens (primary N) is 1. The topological polar surface area (TPSA) is 84.6 Å². The maximum Gasteiger partial charge on any atom is 0.268 e. The van der Waals surface area contributed by atoms with Gasteiger partial charge in [-0.05, 0) is 0 Å². The molecule has 0 aromatic carbocycles. The average Bonchev–Trinajstić information content (AvgIpc) is 1.67. The molecule has 0 saturated carbocycles. The van der Waals surface area contributed by atoms with Gasteiger partial charge in [0, 0.05) is 7.11 Å². The SMILES string of the molecule is COP(=O)([O-])OCN. The highest BCUT2D eigenvalue weighted by atomic mass is 31.2. The Morgan fingerprint density at radius 1 is 1.88 bits per heavy atom. The summed E-state index contributed by atoms with van der Waals surface area (Å²) in [5.74, 6) is 0. The van der Waals surface area contributed by atoms with E-state index in [0.717, 1.165) is 7.11 Å². The average molecular weight is 140 g/mol. The summed E-state index contributed by atoms with van der Waals surface area (Å²) in [7, 11) is -3.05. The third-order valence-electron chi connectivity index (χ3n) is 0.456. The van der Waals surface area contributed by atoms with E-state index < -0.39 is 7.82 Å². The largest absolute Gasteiger partial charge is 0.756 e. The van der Waals surface area contributed by atoms with Crippen LogP contribution in [-0.2, 0) is 13.6 Å². The molecule has 5 nitrogen and oxygen atoms in total. The molecule has 0 radical (unpaired) electrons. The standard InChI is InChI=1S/C2H8NO4P/c1-6-8(4,5)7-2-3/h2-3H2,1H3,(H,4,5)/p-1. The first kappa shape index (κ1) is 8.07. The molecule has 6 heteroatoms. The van der Waals surface area contributed by atoms with Crippen LogP contribution in [0.25, 0.3) is 0 Å². The predicted octanol–water partition coefficient (Wildman–Crippen LogP) is -0.966. The molecule has 0 rings (SSSR count). The van der Waals surface area contributed by atoms with Crippen molar-refractivity contribution in [3.8, 4) is 0 Å². The van der Waals surface area contributed by atoms with Crippen LogP contribution in [-0.4, -0.2) is 13.8 Å². The molecule has 0 heterocycles. The van der Waals surface area contributed by atoms with Crippen LogP contribution in [0.1, 0.15) is 0 Å². The summed E-state index contributed by atoms with van der Waals surface area (Å²) < 4.78 is 17.9. The molecular weight excluding hydrogens is 133 g/mol. The lowest BCUT2D eigenvalue weighted by Gasteiger charge is -2.18. The fourth-order valence-electron chi connectivity index (χ4n) is 0.144. The third kappa shape index (κ3) is 3.12. The van der Waals surface area contributed by atoms with Gasteiger partial charge in [0.2, 0.25) is 0 Å². The molecule has 8 heavy (non-hydrogen) atoms. The monoisotopic (exact) mass is 140 g/mol. The molecule has 0 saturated heterocycles. The number of rotatable bonds is 3. The Labute approximate surface area is 47.0 Å². The molecule has 0 fully saturated rings. The van der Waals surface area contributed by atoms with Gasteiger partial charge >= 0.3 is 0 Å². The van der Waals surface area contributed by atoms with Gasteiger partial charge in [-0.25, -0.2) is 0 Å². The van der Waals surface area contributed by atoms with Crippen LogP contribution in [0.15, 0.2) is 0 Å². The second-order valence-corrected chi connectivity index (χ2v) is 2.44. The highest BCUT2D eigenvalue weighted by Crippen LogP contribution is 2.35. The Hall–Kier alpha value is 0.0700. The lowest BCUT2D eigenvalue weighted by molar-refractivity contribution is -0.222. The molecule has 0 bridgehead atoms. The van der Waals surface area contributed by atoms with Crippen LogP contribution in [0.3, 0.4) is 0 Å². The summed E-state index contributed by atoms with van der Waals surface area (Å²) >= 11 is 0. The van der Waals surface area contributed by atoms with Crippen molar-refractivity contribution in [1.29, 1.82) is 0 Å². The van der Waals surface area contributed by atoms with Gasteiger partial charge in [0.25, 0.3) is 7.82 Å². The van der Waals surface area contributed by atoms with Gasteiger partial charge in [0.15, 0.2) is 0 Å². The minimum Gasteiger partial charge on any atom is -0.756 e. The second kappa shape index (κ2) is 3.17. The Morgan fingerprint density at radius 3 is 2.50 bits per heavy atom. The summed E-state index contributed by atoms with van der Waals surface area (Å²) in [5.41, 5.74) is 4.72. The fraction of sp³-hybridized carbons (Fsp3) is 1.00. The Morgan fingerprint density at radius 2 is 2.38 bits per heavy atom. The molecule has 0 amide bonds. The van der Waals surface area contributed by atoms with Gasteiger partial charge in [0.05, 0.1) is 0 Å². The minimum atomic E-state index is -4.05. The van der Waals surface area contributed by atoms with E-state index in [1.807, 2.05) is 0 Å². The van der Waals surface area contributed by atoms with Crippen LogP contribution in [0, 0.1) is 0 Å². The summed E-state index contributed by atoms with van der Waals surface area (Å²) in [6.07, 6.45) is 0. The molecule has 50 valence electrons. The Kier molecular flexibility index (Phi) is 3.19. The van der Waals surface area contributed by atoms with Crippen molar-refractivity contribution in [2.75, 3.05) is 13.8 Å². The van der Waals surface area contributed by atoms with E-state index in [2.05, 4.69) is 9.05 Å². The maximum absolute atomic E-state index is 10.1. The summed E-state index contributed by atoms with van der Waals surface area (Å²) in [6.45, 7) is -0.380. The third-order valence-corrected chi connectivity index (χ3v) is 1.37. The fourth-order valence-corrected chi connectivity index (χ4v) is 0.432. The van der Waals surface area contributed by atoms with Crippen LogP contribution < -0.4 is 10.6 Å². The van der Waals surface area contributed by atoms with E-state index in [1.54, 1.807) is 0 Å². The first-order valence-electron chi connectivity index (χ1n) is 1.84. The van der Waals surface area contributed by atoms with Crippen LogP contribution in [0.4, 0.5) is 0 Å². The smallest absolute Gasteiger partial charge is 0.268 e. The van der Waals surface area contributed by atoms with Gasteiger partial charge < -0.3 is 19.7 Å². The van der Waals surface area contributed by atoms with Crippen molar-refractivity contribution in [2.24, 2.45) is 5.73 Å². The van der Waals surface area contributed by atoms with E-state index in [9.17, 15) is 9.46 Å². The molecule has 0 spiro atoms. The number of hydrogen-bond acceptors (Lipinski definition) is 5. The van der Waals surface area contributed by atoms with Crippen LogP contribution in [0.2, 0.25) is 0 Å². The zero-order valence-corrected chi connectivity index (χ0v) is 5.26. The second-order valence-electron chi connectivity index (χ2n) is 0.926. The normalized spacial score (nSPS) is 17.9. The van der Waals surface area contributed by atoms with Crippen molar-refractivity contribution in [3.05, 3.63) is 0 Å². The predicted molar refractivity (Wildman–Crippen MR) is 24.8 cm³/mol. The van der Waals surface area contributed by atoms with E-state index in [0.29, 0.717) is 0 Å². The molecule has 0 aliphatic carbocycles. The van der Waals surface area contributed by atoms with Gasteiger partial charge in [-0.2, -0.15) is 0 Å². The number of hydrogen-bond donors (Lipinski definition) is 1. The zero-order valence-electron chi connectivity index (χ0n) is 4.36. The van der Waals surface area contributed by atoms with Crippen molar-refractivity contribution >= 4 is 7.82 Å². The van der Waals surface area contributed by atoms with Crippen LogP contribution in [0.5, 0.6) is 0 Å². The maximum atomic E-state index is 10.1. The molecule has 0 aliphatic rings. The first-order valence-corrected chi connectivity index (χ1v) is 3.30.